The zero-order valence-electron chi connectivity index (χ0n) is 12.7. The number of carbonyl (C=O) groups is 1. The largest absolute Gasteiger partial charge is 0.372 e. The highest BCUT2D eigenvalue weighted by Gasteiger charge is 2.22. The van der Waals surface area contributed by atoms with Gasteiger partial charge in [-0.25, -0.2) is 0 Å². The van der Waals surface area contributed by atoms with Crippen LogP contribution in [0.5, 0.6) is 0 Å². The molecule has 0 aliphatic carbocycles. The number of nitrogens with zero attached hydrogens (tertiary/aromatic N) is 1. The van der Waals surface area contributed by atoms with Gasteiger partial charge in [0.15, 0.2) is 0 Å². The first-order valence-electron chi connectivity index (χ1n) is 7.27. The second-order valence-electron chi connectivity index (χ2n) is 5.85. The third-order valence-corrected chi connectivity index (χ3v) is 3.44. The first kappa shape index (κ1) is 14.9. The molecule has 2 rings (SSSR count). The second kappa shape index (κ2) is 6.27. The van der Waals surface area contributed by atoms with Gasteiger partial charge >= 0.3 is 0 Å². The van der Waals surface area contributed by atoms with E-state index in [1.807, 2.05) is 26.0 Å². The van der Waals surface area contributed by atoms with Gasteiger partial charge in [-0.3, -0.25) is 4.79 Å². The van der Waals surface area contributed by atoms with E-state index in [0.29, 0.717) is 0 Å². The zero-order chi connectivity index (χ0) is 14.7. The van der Waals surface area contributed by atoms with Crippen molar-refractivity contribution in [2.45, 2.75) is 39.9 Å². The van der Waals surface area contributed by atoms with E-state index in [9.17, 15) is 4.79 Å². The summed E-state index contributed by atoms with van der Waals surface area (Å²) in [6.45, 7) is 9.78. The summed E-state index contributed by atoms with van der Waals surface area (Å²) < 4.78 is 5.74. The average Bonchev–Trinajstić information content (AvgIpc) is 2.38. The fraction of sp³-hybridized carbons (Fsp3) is 0.562. The Morgan fingerprint density at radius 1 is 1.20 bits per heavy atom. The monoisotopic (exact) mass is 276 g/mol. The zero-order valence-corrected chi connectivity index (χ0v) is 12.7. The summed E-state index contributed by atoms with van der Waals surface area (Å²) in [4.78, 5) is 14.0. The molecule has 0 bridgehead atoms. The summed E-state index contributed by atoms with van der Waals surface area (Å²) in [7, 11) is 0. The molecule has 1 aliphatic rings. The molecular formula is C16H24N2O2. The Morgan fingerprint density at radius 3 is 2.25 bits per heavy atom. The maximum absolute atomic E-state index is 11.6. The Labute approximate surface area is 121 Å². The molecule has 0 spiro atoms. The number of hydrogen-bond acceptors (Lipinski definition) is 3. The average molecular weight is 276 g/mol. The van der Waals surface area contributed by atoms with Crippen molar-refractivity contribution in [2.24, 2.45) is 5.92 Å². The van der Waals surface area contributed by atoms with Crippen LogP contribution in [0.25, 0.3) is 0 Å². The lowest BCUT2D eigenvalue weighted by Crippen LogP contribution is -2.45. The number of hydrogen-bond donors (Lipinski definition) is 1. The van der Waals surface area contributed by atoms with Gasteiger partial charge in [0.05, 0.1) is 12.2 Å². The quantitative estimate of drug-likeness (QED) is 0.923. The number of anilines is 2. The molecule has 1 heterocycles. The van der Waals surface area contributed by atoms with Crippen LogP contribution in [0.1, 0.15) is 27.7 Å². The number of nitrogens with one attached hydrogen (secondary N) is 1. The van der Waals surface area contributed by atoms with Crippen LogP contribution < -0.4 is 10.2 Å². The summed E-state index contributed by atoms with van der Waals surface area (Å²) in [5.41, 5.74) is 2.02. The van der Waals surface area contributed by atoms with Crippen LogP contribution in [0.4, 0.5) is 11.4 Å². The van der Waals surface area contributed by atoms with Gasteiger partial charge in [-0.05, 0) is 38.1 Å². The third kappa shape index (κ3) is 3.73. The van der Waals surface area contributed by atoms with E-state index in [1.54, 1.807) is 0 Å². The minimum atomic E-state index is -0.00406. The molecule has 1 aromatic carbocycles. The predicted molar refractivity (Wildman–Crippen MR) is 82.1 cm³/mol. The Kier molecular flexibility index (Phi) is 4.65. The van der Waals surface area contributed by atoms with Crippen LogP contribution in [0.3, 0.4) is 0 Å². The number of rotatable bonds is 3. The lowest BCUT2D eigenvalue weighted by atomic mass is 10.1. The van der Waals surface area contributed by atoms with Crippen molar-refractivity contribution in [3.05, 3.63) is 24.3 Å². The molecule has 20 heavy (non-hydrogen) atoms. The molecule has 0 saturated carbocycles. The number of carbonyl (C=O) groups excluding carboxylic acids is 1. The standard InChI is InChI=1S/C16H24N2O2/c1-11(2)16(19)17-14-5-7-15(8-6-14)18-9-12(3)20-13(4)10-18/h5-8,11-13H,9-10H2,1-4H3,(H,17,19)/t12-,13-/m1/s1. The van der Waals surface area contributed by atoms with Gasteiger partial charge in [0, 0.05) is 30.4 Å². The normalized spacial score (nSPS) is 22.9. The Balaban J connectivity index is 2.02. The van der Waals surface area contributed by atoms with E-state index >= 15 is 0 Å². The minimum Gasteiger partial charge on any atom is -0.372 e. The summed E-state index contributed by atoms with van der Waals surface area (Å²) in [5, 5.41) is 2.91. The summed E-state index contributed by atoms with van der Waals surface area (Å²) in [6.07, 6.45) is 0.498. The lowest BCUT2D eigenvalue weighted by molar-refractivity contribution is -0.118. The number of amides is 1. The van der Waals surface area contributed by atoms with Crippen LogP contribution >= 0.6 is 0 Å². The molecule has 0 radical (unpaired) electrons. The van der Waals surface area contributed by atoms with E-state index in [2.05, 4.69) is 36.2 Å². The van der Waals surface area contributed by atoms with Crippen molar-refractivity contribution in [3.8, 4) is 0 Å². The van der Waals surface area contributed by atoms with Gasteiger partial charge < -0.3 is 15.0 Å². The van der Waals surface area contributed by atoms with Gasteiger partial charge in [-0.1, -0.05) is 13.8 Å². The molecule has 1 N–H and O–H groups in total. The van der Waals surface area contributed by atoms with E-state index in [-0.39, 0.29) is 24.0 Å². The first-order valence-corrected chi connectivity index (χ1v) is 7.27. The van der Waals surface area contributed by atoms with Gasteiger partial charge in [0.25, 0.3) is 0 Å². The lowest BCUT2D eigenvalue weighted by Gasteiger charge is -2.36. The predicted octanol–water partition coefficient (Wildman–Crippen LogP) is 2.89. The minimum absolute atomic E-state index is 0.00406. The van der Waals surface area contributed by atoms with Crippen molar-refractivity contribution >= 4 is 17.3 Å². The van der Waals surface area contributed by atoms with Crippen LogP contribution in [-0.2, 0) is 9.53 Å². The van der Waals surface area contributed by atoms with E-state index in [0.717, 1.165) is 18.8 Å². The van der Waals surface area contributed by atoms with Gasteiger partial charge in [0.1, 0.15) is 0 Å². The van der Waals surface area contributed by atoms with Gasteiger partial charge in [-0.2, -0.15) is 0 Å². The van der Waals surface area contributed by atoms with Crippen LogP contribution in [0.2, 0.25) is 0 Å². The van der Waals surface area contributed by atoms with E-state index in [1.165, 1.54) is 5.69 Å². The third-order valence-electron chi connectivity index (χ3n) is 3.44. The van der Waals surface area contributed by atoms with Crippen molar-refractivity contribution in [3.63, 3.8) is 0 Å². The van der Waals surface area contributed by atoms with Crippen LogP contribution in [0.15, 0.2) is 24.3 Å². The number of ether oxygens (including phenoxy) is 1. The molecule has 2 atom stereocenters. The highest BCUT2D eigenvalue weighted by molar-refractivity contribution is 5.92. The summed E-state index contributed by atoms with van der Waals surface area (Å²) >= 11 is 0. The molecule has 4 heteroatoms. The summed E-state index contributed by atoms with van der Waals surface area (Å²) in [6, 6.07) is 8.03. The smallest absolute Gasteiger partial charge is 0.226 e. The Hall–Kier alpha value is -1.55. The molecule has 1 fully saturated rings. The molecular weight excluding hydrogens is 252 g/mol. The van der Waals surface area contributed by atoms with Gasteiger partial charge in [0.2, 0.25) is 5.91 Å². The highest BCUT2D eigenvalue weighted by atomic mass is 16.5. The topological polar surface area (TPSA) is 41.6 Å². The molecule has 0 unspecified atom stereocenters. The fourth-order valence-electron chi connectivity index (χ4n) is 2.43. The summed E-state index contributed by atoms with van der Waals surface area (Å²) in [5.74, 6) is 0.0435. The maximum Gasteiger partial charge on any atom is 0.226 e. The first-order chi connectivity index (χ1) is 9.45. The van der Waals surface area contributed by atoms with E-state index < -0.39 is 0 Å². The van der Waals surface area contributed by atoms with Crippen molar-refractivity contribution in [2.75, 3.05) is 23.3 Å². The molecule has 1 aliphatic heterocycles. The Morgan fingerprint density at radius 2 is 1.75 bits per heavy atom. The van der Waals surface area contributed by atoms with Crippen molar-refractivity contribution in [1.82, 2.24) is 0 Å². The fourth-order valence-corrected chi connectivity index (χ4v) is 2.43. The molecule has 1 amide bonds. The molecule has 1 saturated heterocycles. The molecule has 4 nitrogen and oxygen atoms in total. The van der Waals surface area contributed by atoms with Gasteiger partial charge in [-0.15, -0.1) is 0 Å². The Bertz CT molecular complexity index is 446. The SMILES string of the molecule is CC(C)C(=O)Nc1ccc(N2C[C@@H](C)O[C@H](C)C2)cc1. The number of morpholine rings is 1. The second-order valence-corrected chi connectivity index (χ2v) is 5.85. The maximum atomic E-state index is 11.6. The number of benzene rings is 1. The van der Waals surface area contributed by atoms with Crippen LogP contribution in [0, 0.1) is 5.92 Å². The van der Waals surface area contributed by atoms with Crippen LogP contribution in [-0.4, -0.2) is 31.2 Å². The molecule has 110 valence electrons. The van der Waals surface area contributed by atoms with Crippen molar-refractivity contribution in [1.29, 1.82) is 0 Å². The van der Waals surface area contributed by atoms with E-state index in [4.69, 9.17) is 4.74 Å². The molecule has 1 aromatic rings. The molecule has 0 aromatic heterocycles. The highest BCUT2D eigenvalue weighted by Crippen LogP contribution is 2.22. The van der Waals surface area contributed by atoms with Crippen molar-refractivity contribution < 1.29 is 9.53 Å².